The Bertz CT molecular complexity index is 437. The molecule has 1 unspecified atom stereocenters. The SMILES string of the molecule is C=Cc1ccc(CCOC(=O)C(O)C(F)(F)F)cc1. The number of carbonyl (C=O) groups excluding carboxylic acids is 1. The lowest BCUT2D eigenvalue weighted by Gasteiger charge is -2.13. The molecule has 3 nitrogen and oxygen atoms in total. The van der Waals surface area contributed by atoms with Gasteiger partial charge in [-0.3, -0.25) is 0 Å². The molecule has 0 saturated heterocycles. The first-order valence-corrected chi connectivity index (χ1v) is 5.47. The molecular formula is C13H13F3O3. The molecule has 1 aromatic rings. The van der Waals surface area contributed by atoms with Crippen molar-refractivity contribution in [2.75, 3.05) is 6.61 Å². The van der Waals surface area contributed by atoms with E-state index >= 15 is 0 Å². The van der Waals surface area contributed by atoms with Crippen molar-refractivity contribution in [1.29, 1.82) is 0 Å². The van der Waals surface area contributed by atoms with Gasteiger partial charge in [-0.1, -0.05) is 36.9 Å². The molecule has 19 heavy (non-hydrogen) atoms. The molecule has 0 aromatic heterocycles. The van der Waals surface area contributed by atoms with E-state index in [4.69, 9.17) is 5.11 Å². The van der Waals surface area contributed by atoms with Gasteiger partial charge in [0.15, 0.2) is 0 Å². The summed E-state index contributed by atoms with van der Waals surface area (Å²) in [6.07, 6.45) is -6.16. The van der Waals surface area contributed by atoms with E-state index in [0.717, 1.165) is 11.1 Å². The van der Waals surface area contributed by atoms with Crippen molar-refractivity contribution >= 4 is 12.0 Å². The number of hydrogen-bond donors (Lipinski definition) is 1. The van der Waals surface area contributed by atoms with Crippen molar-refractivity contribution in [2.24, 2.45) is 0 Å². The van der Waals surface area contributed by atoms with Crippen LogP contribution in [0.4, 0.5) is 13.2 Å². The Morgan fingerprint density at radius 2 is 1.95 bits per heavy atom. The van der Waals surface area contributed by atoms with Crippen LogP contribution in [0.25, 0.3) is 6.08 Å². The smallest absolute Gasteiger partial charge is 0.425 e. The molecule has 0 radical (unpaired) electrons. The van der Waals surface area contributed by atoms with Crippen LogP contribution in [0.1, 0.15) is 11.1 Å². The summed E-state index contributed by atoms with van der Waals surface area (Å²) >= 11 is 0. The number of aliphatic hydroxyl groups excluding tert-OH is 1. The van der Waals surface area contributed by atoms with Crippen LogP contribution in [0, 0.1) is 0 Å². The van der Waals surface area contributed by atoms with Gasteiger partial charge in [-0.05, 0) is 11.1 Å². The molecule has 0 amide bonds. The van der Waals surface area contributed by atoms with Crippen molar-refractivity contribution in [3.8, 4) is 0 Å². The first-order valence-electron chi connectivity index (χ1n) is 5.47. The van der Waals surface area contributed by atoms with Gasteiger partial charge in [0.25, 0.3) is 0 Å². The lowest BCUT2D eigenvalue weighted by molar-refractivity contribution is -0.217. The molecule has 1 rings (SSSR count). The molecule has 0 bridgehead atoms. The third-order valence-electron chi connectivity index (χ3n) is 2.38. The number of rotatable bonds is 5. The highest BCUT2D eigenvalue weighted by atomic mass is 19.4. The molecule has 0 aliphatic heterocycles. The third kappa shape index (κ3) is 4.75. The summed E-state index contributed by atoms with van der Waals surface area (Å²) in [6.45, 7) is 3.36. The summed E-state index contributed by atoms with van der Waals surface area (Å²) in [5.74, 6) is -1.68. The number of esters is 1. The number of hydrogen-bond acceptors (Lipinski definition) is 3. The van der Waals surface area contributed by atoms with Gasteiger partial charge in [0.05, 0.1) is 6.61 Å². The van der Waals surface area contributed by atoms with Crippen molar-refractivity contribution in [1.82, 2.24) is 0 Å². The number of carbonyl (C=O) groups is 1. The number of ether oxygens (including phenoxy) is 1. The van der Waals surface area contributed by atoms with Gasteiger partial charge in [0, 0.05) is 6.42 Å². The first kappa shape index (κ1) is 15.2. The van der Waals surface area contributed by atoms with Crippen molar-refractivity contribution < 1.29 is 27.8 Å². The maximum Gasteiger partial charge on any atom is 0.425 e. The molecule has 6 heteroatoms. The average molecular weight is 274 g/mol. The van der Waals surface area contributed by atoms with Crippen LogP contribution in [-0.4, -0.2) is 30.0 Å². The molecule has 104 valence electrons. The number of alkyl halides is 3. The van der Waals surface area contributed by atoms with E-state index in [1.54, 1.807) is 30.3 Å². The third-order valence-corrected chi connectivity index (χ3v) is 2.38. The van der Waals surface area contributed by atoms with Gasteiger partial charge in [-0.25, -0.2) is 4.79 Å². The molecule has 0 saturated carbocycles. The molecule has 1 N–H and O–H groups in total. The molecular weight excluding hydrogens is 261 g/mol. The van der Waals surface area contributed by atoms with Crippen LogP contribution in [0.5, 0.6) is 0 Å². The summed E-state index contributed by atoms with van der Waals surface area (Å²) in [7, 11) is 0. The van der Waals surface area contributed by atoms with Crippen LogP contribution in [0.15, 0.2) is 30.8 Å². The zero-order valence-corrected chi connectivity index (χ0v) is 9.98. The van der Waals surface area contributed by atoms with Crippen LogP contribution >= 0.6 is 0 Å². The van der Waals surface area contributed by atoms with Gasteiger partial charge in [-0.2, -0.15) is 13.2 Å². The monoisotopic (exact) mass is 274 g/mol. The molecule has 1 aromatic carbocycles. The first-order chi connectivity index (χ1) is 8.84. The Labute approximate surface area is 108 Å². The summed E-state index contributed by atoms with van der Waals surface area (Å²) in [5.41, 5.74) is 1.72. The zero-order chi connectivity index (χ0) is 14.5. The Hall–Kier alpha value is -1.82. The van der Waals surface area contributed by atoms with Gasteiger partial charge in [0.1, 0.15) is 0 Å². The Morgan fingerprint density at radius 3 is 2.42 bits per heavy atom. The van der Waals surface area contributed by atoms with Crippen molar-refractivity contribution in [3.05, 3.63) is 42.0 Å². The topological polar surface area (TPSA) is 46.5 Å². The van der Waals surface area contributed by atoms with E-state index in [-0.39, 0.29) is 13.0 Å². The minimum atomic E-state index is -5.00. The molecule has 0 fully saturated rings. The predicted octanol–water partition coefficient (Wildman–Crippen LogP) is 2.34. The standard InChI is InChI=1S/C13H13F3O3/c1-2-9-3-5-10(6-4-9)7-8-19-12(18)11(17)13(14,15)16/h2-6,11,17H,1,7-8H2. The minimum absolute atomic E-state index is 0.223. The highest BCUT2D eigenvalue weighted by Crippen LogP contribution is 2.20. The zero-order valence-electron chi connectivity index (χ0n) is 9.98. The van der Waals surface area contributed by atoms with E-state index < -0.39 is 18.2 Å². The fraction of sp³-hybridized carbons (Fsp3) is 0.308. The fourth-order valence-corrected chi connectivity index (χ4v) is 1.30. The predicted molar refractivity (Wildman–Crippen MR) is 63.3 cm³/mol. The molecule has 0 aliphatic carbocycles. The van der Waals surface area contributed by atoms with Crippen LogP contribution < -0.4 is 0 Å². The highest BCUT2D eigenvalue weighted by Gasteiger charge is 2.44. The Kier molecular flexibility index (Phi) is 5.11. The summed E-state index contributed by atoms with van der Waals surface area (Å²) in [6, 6.07) is 7.08. The van der Waals surface area contributed by atoms with Crippen molar-refractivity contribution in [2.45, 2.75) is 18.7 Å². The quantitative estimate of drug-likeness (QED) is 0.838. The van der Waals surface area contributed by atoms with Gasteiger partial charge in [0.2, 0.25) is 6.10 Å². The molecule has 1 atom stereocenters. The molecule has 0 heterocycles. The summed E-state index contributed by atoms with van der Waals surface area (Å²) < 4.78 is 40.3. The summed E-state index contributed by atoms with van der Waals surface area (Å²) in [5, 5.41) is 8.61. The van der Waals surface area contributed by atoms with E-state index in [1.165, 1.54) is 0 Å². The maximum atomic E-state index is 12.0. The lowest BCUT2D eigenvalue weighted by atomic mass is 10.1. The van der Waals surface area contributed by atoms with E-state index in [0.29, 0.717) is 0 Å². The number of aliphatic hydroxyl groups is 1. The number of benzene rings is 1. The second kappa shape index (κ2) is 6.38. The normalized spacial score (nSPS) is 12.8. The molecule has 0 aliphatic rings. The fourth-order valence-electron chi connectivity index (χ4n) is 1.30. The second-order valence-corrected chi connectivity index (χ2v) is 3.81. The number of halogens is 3. The summed E-state index contributed by atoms with van der Waals surface area (Å²) in [4.78, 5) is 10.9. The van der Waals surface area contributed by atoms with Gasteiger partial charge < -0.3 is 9.84 Å². The van der Waals surface area contributed by atoms with Crippen LogP contribution in [-0.2, 0) is 16.0 Å². The minimum Gasteiger partial charge on any atom is -0.463 e. The largest absolute Gasteiger partial charge is 0.463 e. The van der Waals surface area contributed by atoms with Crippen LogP contribution in [0.3, 0.4) is 0 Å². The molecule has 0 spiro atoms. The highest BCUT2D eigenvalue weighted by molar-refractivity contribution is 5.75. The van der Waals surface area contributed by atoms with E-state index in [2.05, 4.69) is 11.3 Å². The van der Waals surface area contributed by atoms with E-state index in [9.17, 15) is 18.0 Å². The Balaban J connectivity index is 2.41. The van der Waals surface area contributed by atoms with E-state index in [1.807, 2.05) is 0 Å². The second-order valence-electron chi connectivity index (χ2n) is 3.81. The maximum absolute atomic E-state index is 12.0. The van der Waals surface area contributed by atoms with Gasteiger partial charge >= 0.3 is 12.1 Å². The van der Waals surface area contributed by atoms with Gasteiger partial charge in [-0.15, -0.1) is 0 Å². The van der Waals surface area contributed by atoms with Crippen LogP contribution in [0.2, 0.25) is 0 Å². The van der Waals surface area contributed by atoms with Crippen molar-refractivity contribution in [3.63, 3.8) is 0 Å². The Morgan fingerprint density at radius 1 is 1.37 bits per heavy atom. The lowest BCUT2D eigenvalue weighted by Crippen LogP contribution is -2.37. The average Bonchev–Trinajstić information content (AvgIpc) is 2.37.